The number of sulfonamides is 1. The lowest BCUT2D eigenvalue weighted by Gasteiger charge is -2.31. The molecule has 2 aromatic rings. The van der Waals surface area contributed by atoms with Crippen molar-refractivity contribution in [3.63, 3.8) is 0 Å². The number of amides is 2. The van der Waals surface area contributed by atoms with Crippen molar-refractivity contribution in [3.8, 4) is 0 Å². The van der Waals surface area contributed by atoms with Gasteiger partial charge in [0.05, 0.1) is 11.9 Å². The molecule has 2 rings (SSSR count). The Morgan fingerprint density at radius 3 is 2.36 bits per heavy atom. The number of benzene rings is 2. The lowest BCUT2D eigenvalue weighted by atomic mass is 10.1. The first kappa shape index (κ1) is 26.7. The molecule has 0 aliphatic carbocycles. The van der Waals surface area contributed by atoms with Crippen molar-refractivity contribution in [2.45, 2.75) is 46.2 Å². The highest BCUT2D eigenvalue weighted by molar-refractivity contribution is 7.92. The molecule has 0 heterocycles. The smallest absolute Gasteiger partial charge is 0.244 e. The number of rotatable bonds is 11. The van der Waals surface area contributed by atoms with Gasteiger partial charge in [-0.05, 0) is 50.1 Å². The van der Waals surface area contributed by atoms with E-state index in [0.717, 1.165) is 34.5 Å². The van der Waals surface area contributed by atoms with E-state index in [0.29, 0.717) is 17.3 Å². The van der Waals surface area contributed by atoms with Gasteiger partial charge in [0.1, 0.15) is 12.6 Å². The van der Waals surface area contributed by atoms with Crippen LogP contribution in [0.5, 0.6) is 0 Å². The number of nitrogens with zero attached hydrogens (tertiary/aromatic N) is 2. The van der Waals surface area contributed by atoms with E-state index in [2.05, 4.69) is 5.32 Å². The highest BCUT2D eigenvalue weighted by atomic mass is 35.5. The maximum atomic E-state index is 13.4. The van der Waals surface area contributed by atoms with Crippen LogP contribution in [0.3, 0.4) is 0 Å². The van der Waals surface area contributed by atoms with Gasteiger partial charge in [-0.1, -0.05) is 54.8 Å². The zero-order chi connectivity index (χ0) is 24.6. The Bertz CT molecular complexity index is 1060. The van der Waals surface area contributed by atoms with Gasteiger partial charge in [-0.15, -0.1) is 0 Å². The molecule has 0 saturated carbocycles. The number of carbonyl (C=O) groups is 2. The summed E-state index contributed by atoms with van der Waals surface area (Å²) in [5, 5.41) is 3.36. The summed E-state index contributed by atoms with van der Waals surface area (Å²) < 4.78 is 26.1. The van der Waals surface area contributed by atoms with Crippen LogP contribution < -0.4 is 9.62 Å². The van der Waals surface area contributed by atoms with Crippen molar-refractivity contribution in [2.75, 3.05) is 23.7 Å². The topological polar surface area (TPSA) is 86.8 Å². The van der Waals surface area contributed by atoms with Gasteiger partial charge < -0.3 is 10.2 Å². The second-order valence-electron chi connectivity index (χ2n) is 8.08. The summed E-state index contributed by atoms with van der Waals surface area (Å²) in [4.78, 5) is 27.5. The fourth-order valence-corrected chi connectivity index (χ4v) is 4.34. The van der Waals surface area contributed by atoms with Gasteiger partial charge in [-0.25, -0.2) is 8.42 Å². The average molecular weight is 494 g/mol. The van der Waals surface area contributed by atoms with E-state index in [1.165, 1.54) is 4.90 Å². The summed E-state index contributed by atoms with van der Waals surface area (Å²) in [5.41, 5.74) is 2.10. The van der Waals surface area contributed by atoms with Crippen molar-refractivity contribution < 1.29 is 18.0 Å². The Balaban J connectivity index is 2.33. The molecule has 0 unspecified atom stereocenters. The van der Waals surface area contributed by atoms with Gasteiger partial charge in [0.25, 0.3) is 0 Å². The monoisotopic (exact) mass is 493 g/mol. The van der Waals surface area contributed by atoms with E-state index < -0.39 is 28.5 Å². The molecule has 0 radical (unpaired) electrons. The largest absolute Gasteiger partial charge is 0.354 e. The number of unbranched alkanes of at least 4 members (excludes halogenated alkanes) is 1. The molecule has 0 aliphatic heterocycles. The normalized spacial score (nSPS) is 12.2. The molecule has 7 nitrogen and oxygen atoms in total. The molecule has 0 spiro atoms. The van der Waals surface area contributed by atoms with Crippen LogP contribution in [-0.2, 0) is 26.2 Å². The van der Waals surface area contributed by atoms with Crippen molar-refractivity contribution in [1.82, 2.24) is 10.2 Å². The van der Waals surface area contributed by atoms with Gasteiger partial charge in [0, 0.05) is 18.1 Å². The number of carbonyl (C=O) groups excluding carboxylic acids is 2. The molecule has 0 bridgehead atoms. The summed E-state index contributed by atoms with van der Waals surface area (Å²) in [6.07, 6.45) is 2.82. The van der Waals surface area contributed by atoms with Gasteiger partial charge in [0.2, 0.25) is 21.8 Å². The standard InChI is InChI=1S/C24H32ClN3O4S/c1-5-6-14-26-24(30)19(3)27(16-20-8-7-9-21(25)15-20)23(29)17-28(33(4,31)32)22-12-10-18(2)11-13-22/h7-13,15,19H,5-6,14,16-17H2,1-4H3,(H,26,30)/t19-/m1/s1. The number of nitrogens with one attached hydrogen (secondary N) is 1. The minimum absolute atomic E-state index is 0.118. The molecule has 33 heavy (non-hydrogen) atoms. The van der Waals surface area contributed by atoms with Crippen LogP contribution in [-0.4, -0.2) is 50.5 Å². The van der Waals surface area contributed by atoms with Gasteiger partial charge in [-0.3, -0.25) is 13.9 Å². The third-order valence-electron chi connectivity index (χ3n) is 5.24. The maximum absolute atomic E-state index is 13.4. The van der Waals surface area contributed by atoms with E-state index in [4.69, 9.17) is 11.6 Å². The van der Waals surface area contributed by atoms with Crippen molar-refractivity contribution in [1.29, 1.82) is 0 Å². The fraction of sp³-hybridized carbons (Fsp3) is 0.417. The average Bonchev–Trinajstić information content (AvgIpc) is 2.75. The minimum atomic E-state index is -3.74. The Kier molecular flexibility index (Phi) is 9.73. The Hall–Kier alpha value is -2.58. The highest BCUT2D eigenvalue weighted by Crippen LogP contribution is 2.20. The van der Waals surface area contributed by atoms with Crippen LogP contribution in [0.25, 0.3) is 0 Å². The second-order valence-corrected chi connectivity index (χ2v) is 10.4. The van der Waals surface area contributed by atoms with Crippen molar-refractivity contribution >= 4 is 39.1 Å². The Labute approximate surface area is 201 Å². The van der Waals surface area contributed by atoms with Crippen molar-refractivity contribution in [3.05, 3.63) is 64.7 Å². The van der Waals surface area contributed by atoms with Gasteiger partial charge in [0.15, 0.2) is 0 Å². The first-order valence-electron chi connectivity index (χ1n) is 10.9. The number of aryl methyl sites for hydroxylation is 1. The van der Waals surface area contributed by atoms with Crippen LogP contribution in [0.1, 0.15) is 37.8 Å². The third-order valence-corrected chi connectivity index (χ3v) is 6.62. The summed E-state index contributed by atoms with van der Waals surface area (Å²) in [7, 11) is -3.74. The summed E-state index contributed by atoms with van der Waals surface area (Å²) >= 11 is 6.10. The predicted molar refractivity (Wildman–Crippen MR) is 133 cm³/mol. The van der Waals surface area contributed by atoms with E-state index in [-0.39, 0.29) is 12.5 Å². The molecule has 2 amide bonds. The lowest BCUT2D eigenvalue weighted by molar-refractivity contribution is -0.139. The van der Waals surface area contributed by atoms with Gasteiger partial charge >= 0.3 is 0 Å². The zero-order valence-electron chi connectivity index (χ0n) is 19.5. The van der Waals surface area contributed by atoms with E-state index in [9.17, 15) is 18.0 Å². The molecule has 1 N–H and O–H groups in total. The number of hydrogen-bond acceptors (Lipinski definition) is 4. The lowest BCUT2D eigenvalue weighted by Crippen LogP contribution is -2.51. The van der Waals surface area contributed by atoms with Crippen LogP contribution in [0.15, 0.2) is 48.5 Å². The molecular formula is C24H32ClN3O4S. The van der Waals surface area contributed by atoms with Crippen LogP contribution in [0, 0.1) is 6.92 Å². The SMILES string of the molecule is CCCCNC(=O)[C@@H](C)N(Cc1cccc(Cl)c1)C(=O)CN(c1ccc(C)cc1)S(C)(=O)=O. The van der Waals surface area contributed by atoms with Crippen molar-refractivity contribution in [2.24, 2.45) is 0 Å². The minimum Gasteiger partial charge on any atom is -0.354 e. The molecule has 180 valence electrons. The Morgan fingerprint density at radius 2 is 1.79 bits per heavy atom. The number of halogens is 1. The third kappa shape index (κ3) is 8.05. The predicted octanol–water partition coefficient (Wildman–Crippen LogP) is 3.75. The number of anilines is 1. The number of hydrogen-bond donors (Lipinski definition) is 1. The Morgan fingerprint density at radius 1 is 1.12 bits per heavy atom. The molecule has 0 aromatic heterocycles. The van der Waals surface area contributed by atoms with E-state index >= 15 is 0 Å². The van der Waals surface area contributed by atoms with Gasteiger partial charge in [-0.2, -0.15) is 0 Å². The highest BCUT2D eigenvalue weighted by Gasteiger charge is 2.30. The van der Waals surface area contributed by atoms with E-state index in [1.54, 1.807) is 49.4 Å². The quantitative estimate of drug-likeness (QED) is 0.483. The molecule has 0 saturated heterocycles. The first-order valence-corrected chi connectivity index (χ1v) is 13.1. The van der Waals surface area contributed by atoms with Crippen LogP contribution >= 0.6 is 11.6 Å². The summed E-state index contributed by atoms with van der Waals surface area (Å²) in [6, 6.07) is 13.1. The molecule has 9 heteroatoms. The summed E-state index contributed by atoms with van der Waals surface area (Å²) in [5.74, 6) is -0.779. The second kappa shape index (κ2) is 12.0. The fourth-order valence-electron chi connectivity index (χ4n) is 3.28. The first-order chi connectivity index (χ1) is 15.5. The molecular weight excluding hydrogens is 462 g/mol. The molecule has 0 fully saturated rings. The van der Waals surface area contributed by atoms with Crippen LogP contribution in [0.4, 0.5) is 5.69 Å². The molecule has 0 aliphatic rings. The van der Waals surface area contributed by atoms with Crippen LogP contribution in [0.2, 0.25) is 5.02 Å². The maximum Gasteiger partial charge on any atom is 0.244 e. The van der Waals surface area contributed by atoms with E-state index in [1.807, 2.05) is 19.9 Å². The molecule has 1 atom stereocenters. The molecule has 2 aromatic carbocycles. The zero-order valence-corrected chi connectivity index (χ0v) is 21.1. The summed E-state index contributed by atoms with van der Waals surface area (Å²) in [6.45, 7) is 5.76.